The maximum Gasteiger partial charge on any atom is 0.0800 e. The van der Waals surface area contributed by atoms with Crippen molar-refractivity contribution in [3.8, 4) is 0 Å². The number of nitrogens with two attached hydrogens (primary N) is 1. The van der Waals surface area contributed by atoms with Crippen LogP contribution in [-0.4, -0.2) is 6.10 Å². The molecule has 0 spiro atoms. The molecule has 1 fully saturated rings. The molecule has 1 atom stereocenters. The highest BCUT2D eigenvalue weighted by molar-refractivity contribution is 5.39. The Morgan fingerprint density at radius 1 is 1.06 bits per heavy atom. The van der Waals surface area contributed by atoms with E-state index < -0.39 is 0 Å². The molecular formula is C15H23NO. The molecule has 0 heterocycles. The molecule has 0 bridgehead atoms. The number of hydrogen-bond donors (Lipinski definition) is 1. The second-order valence-corrected chi connectivity index (χ2v) is 5.06. The molecule has 1 aliphatic rings. The Bertz CT molecular complexity index is 325. The fourth-order valence-corrected chi connectivity index (χ4v) is 2.51. The van der Waals surface area contributed by atoms with E-state index in [1.165, 1.54) is 44.1 Å². The molecule has 1 aliphatic carbocycles. The molecule has 1 aromatic carbocycles. The largest absolute Gasteiger partial charge is 0.399 e. The highest BCUT2D eigenvalue weighted by atomic mass is 16.5. The van der Waals surface area contributed by atoms with Gasteiger partial charge in [-0.1, -0.05) is 37.8 Å². The molecule has 1 unspecified atom stereocenters. The number of anilines is 1. The van der Waals surface area contributed by atoms with Crippen molar-refractivity contribution in [3.05, 3.63) is 29.8 Å². The number of benzene rings is 1. The van der Waals surface area contributed by atoms with Gasteiger partial charge in [-0.3, -0.25) is 0 Å². The van der Waals surface area contributed by atoms with Crippen LogP contribution in [0.25, 0.3) is 0 Å². The Labute approximate surface area is 104 Å². The van der Waals surface area contributed by atoms with Gasteiger partial charge < -0.3 is 10.5 Å². The monoisotopic (exact) mass is 233 g/mol. The van der Waals surface area contributed by atoms with Crippen LogP contribution in [0, 0.1) is 0 Å². The summed E-state index contributed by atoms with van der Waals surface area (Å²) in [5, 5.41) is 0. The zero-order valence-electron chi connectivity index (χ0n) is 10.7. The minimum Gasteiger partial charge on any atom is -0.399 e. The molecule has 0 aliphatic heterocycles. The predicted molar refractivity (Wildman–Crippen MR) is 71.8 cm³/mol. The topological polar surface area (TPSA) is 35.2 Å². The summed E-state index contributed by atoms with van der Waals surface area (Å²) in [6.07, 6.45) is 8.45. The van der Waals surface area contributed by atoms with Gasteiger partial charge in [0.1, 0.15) is 0 Å². The van der Waals surface area contributed by atoms with Crippen molar-refractivity contribution < 1.29 is 4.74 Å². The lowest BCUT2D eigenvalue weighted by Gasteiger charge is -2.21. The van der Waals surface area contributed by atoms with Crippen LogP contribution in [-0.2, 0) is 4.74 Å². The molecule has 2 rings (SSSR count). The van der Waals surface area contributed by atoms with E-state index in [2.05, 4.69) is 19.1 Å². The Morgan fingerprint density at radius 3 is 2.24 bits per heavy atom. The van der Waals surface area contributed by atoms with Gasteiger partial charge in [0.05, 0.1) is 12.2 Å². The van der Waals surface area contributed by atoms with E-state index in [9.17, 15) is 0 Å². The standard InChI is InChI=1S/C15H23NO/c1-12(13-8-10-14(16)11-9-13)17-15-6-4-2-3-5-7-15/h8-12,15H,2-7,16H2,1H3. The lowest BCUT2D eigenvalue weighted by Crippen LogP contribution is -2.14. The van der Waals surface area contributed by atoms with Crippen LogP contribution in [0.3, 0.4) is 0 Å². The third-order valence-corrected chi connectivity index (χ3v) is 3.60. The Hall–Kier alpha value is -1.02. The number of nitrogen functional groups attached to an aromatic ring is 1. The molecular weight excluding hydrogens is 210 g/mol. The van der Waals surface area contributed by atoms with E-state index in [-0.39, 0.29) is 6.10 Å². The summed E-state index contributed by atoms with van der Waals surface area (Å²) < 4.78 is 6.16. The number of ether oxygens (including phenoxy) is 1. The van der Waals surface area contributed by atoms with Gasteiger partial charge >= 0.3 is 0 Å². The Balaban J connectivity index is 1.91. The first-order valence-electron chi connectivity index (χ1n) is 6.76. The van der Waals surface area contributed by atoms with Crippen molar-refractivity contribution in [2.75, 3.05) is 5.73 Å². The minimum absolute atomic E-state index is 0.179. The molecule has 0 saturated heterocycles. The second kappa shape index (κ2) is 6.06. The van der Waals surface area contributed by atoms with E-state index in [4.69, 9.17) is 10.5 Å². The van der Waals surface area contributed by atoms with Crippen LogP contribution in [0.5, 0.6) is 0 Å². The van der Waals surface area contributed by atoms with Crippen LogP contribution in [0.15, 0.2) is 24.3 Å². The molecule has 2 heteroatoms. The number of rotatable bonds is 3. The van der Waals surface area contributed by atoms with Crippen molar-refractivity contribution in [2.24, 2.45) is 0 Å². The lowest BCUT2D eigenvalue weighted by atomic mass is 10.1. The van der Waals surface area contributed by atoms with Crippen molar-refractivity contribution >= 4 is 5.69 Å². The normalized spacial score (nSPS) is 19.8. The van der Waals surface area contributed by atoms with E-state index in [0.29, 0.717) is 6.10 Å². The Kier molecular flexibility index (Phi) is 4.43. The van der Waals surface area contributed by atoms with Crippen molar-refractivity contribution in [1.29, 1.82) is 0 Å². The molecule has 2 N–H and O–H groups in total. The first-order chi connectivity index (χ1) is 8.25. The first-order valence-corrected chi connectivity index (χ1v) is 6.76. The molecule has 17 heavy (non-hydrogen) atoms. The smallest absolute Gasteiger partial charge is 0.0800 e. The van der Waals surface area contributed by atoms with Gasteiger partial charge in [-0.15, -0.1) is 0 Å². The van der Waals surface area contributed by atoms with E-state index in [0.717, 1.165) is 5.69 Å². The quantitative estimate of drug-likeness (QED) is 0.631. The van der Waals surface area contributed by atoms with Crippen molar-refractivity contribution in [3.63, 3.8) is 0 Å². The summed E-state index contributed by atoms with van der Waals surface area (Å²) in [7, 11) is 0. The van der Waals surface area contributed by atoms with Gasteiger partial charge in [0.2, 0.25) is 0 Å². The third-order valence-electron chi connectivity index (χ3n) is 3.60. The fraction of sp³-hybridized carbons (Fsp3) is 0.600. The van der Waals surface area contributed by atoms with Gasteiger partial charge in [-0.2, -0.15) is 0 Å². The van der Waals surface area contributed by atoms with E-state index >= 15 is 0 Å². The van der Waals surface area contributed by atoms with Crippen LogP contribution in [0.4, 0.5) is 5.69 Å². The SMILES string of the molecule is CC(OC1CCCCCC1)c1ccc(N)cc1. The summed E-state index contributed by atoms with van der Waals surface area (Å²) in [6.45, 7) is 2.14. The molecule has 0 radical (unpaired) electrons. The molecule has 1 saturated carbocycles. The average Bonchev–Trinajstić information content (AvgIpc) is 2.58. The summed E-state index contributed by atoms with van der Waals surface area (Å²) in [5.74, 6) is 0. The van der Waals surface area contributed by atoms with Gasteiger partial charge in [0, 0.05) is 5.69 Å². The van der Waals surface area contributed by atoms with Gasteiger partial charge in [0.25, 0.3) is 0 Å². The second-order valence-electron chi connectivity index (χ2n) is 5.06. The minimum atomic E-state index is 0.179. The summed E-state index contributed by atoms with van der Waals surface area (Å²) in [5.41, 5.74) is 7.73. The maximum absolute atomic E-state index is 6.16. The van der Waals surface area contributed by atoms with Gasteiger partial charge in [-0.05, 0) is 37.5 Å². The molecule has 0 amide bonds. The maximum atomic E-state index is 6.16. The van der Waals surface area contributed by atoms with Crippen molar-refractivity contribution in [1.82, 2.24) is 0 Å². The van der Waals surface area contributed by atoms with Gasteiger partial charge in [0.15, 0.2) is 0 Å². The zero-order chi connectivity index (χ0) is 12.1. The van der Waals surface area contributed by atoms with Gasteiger partial charge in [-0.25, -0.2) is 0 Å². The molecule has 0 aromatic heterocycles. The number of hydrogen-bond acceptors (Lipinski definition) is 2. The highest BCUT2D eigenvalue weighted by Gasteiger charge is 2.16. The van der Waals surface area contributed by atoms with Crippen LogP contribution < -0.4 is 5.73 Å². The molecule has 1 aromatic rings. The average molecular weight is 233 g/mol. The highest BCUT2D eigenvalue weighted by Crippen LogP contribution is 2.26. The van der Waals surface area contributed by atoms with Crippen LogP contribution >= 0.6 is 0 Å². The predicted octanol–water partition coefficient (Wildman–Crippen LogP) is 4.07. The van der Waals surface area contributed by atoms with Crippen LogP contribution in [0.2, 0.25) is 0 Å². The summed E-state index contributed by atoms with van der Waals surface area (Å²) >= 11 is 0. The molecule has 2 nitrogen and oxygen atoms in total. The molecule has 94 valence electrons. The van der Waals surface area contributed by atoms with Crippen molar-refractivity contribution in [2.45, 2.75) is 57.7 Å². The Morgan fingerprint density at radius 2 is 1.65 bits per heavy atom. The van der Waals surface area contributed by atoms with Crippen LogP contribution in [0.1, 0.15) is 57.1 Å². The van der Waals surface area contributed by atoms with E-state index in [1.54, 1.807) is 0 Å². The third kappa shape index (κ3) is 3.74. The lowest BCUT2D eigenvalue weighted by molar-refractivity contribution is -0.0110. The fourth-order valence-electron chi connectivity index (χ4n) is 2.51. The zero-order valence-corrected chi connectivity index (χ0v) is 10.7. The summed E-state index contributed by atoms with van der Waals surface area (Å²) in [4.78, 5) is 0. The van der Waals surface area contributed by atoms with E-state index in [1.807, 2.05) is 12.1 Å². The first kappa shape index (κ1) is 12.4. The summed E-state index contributed by atoms with van der Waals surface area (Å²) in [6, 6.07) is 8.03.